The van der Waals surface area contributed by atoms with Crippen molar-refractivity contribution >= 4 is 22.5 Å². The second-order valence-electron chi connectivity index (χ2n) is 6.02. The van der Waals surface area contributed by atoms with Gasteiger partial charge in [0.15, 0.2) is 0 Å². The SMILES string of the molecule is O=C(Nc1cc(F)ccc1F)c1cc(-c2ccccc2)nc2ccccc12. The number of aromatic nitrogens is 1. The van der Waals surface area contributed by atoms with Gasteiger partial charge >= 0.3 is 0 Å². The van der Waals surface area contributed by atoms with Gasteiger partial charge in [0, 0.05) is 17.0 Å². The van der Waals surface area contributed by atoms with Crippen molar-refractivity contribution in [2.75, 3.05) is 5.32 Å². The average molecular weight is 360 g/mol. The molecule has 1 amide bonds. The third-order valence-electron chi connectivity index (χ3n) is 4.21. The number of pyridine rings is 1. The summed E-state index contributed by atoms with van der Waals surface area (Å²) in [6, 6.07) is 21.2. The second-order valence-corrected chi connectivity index (χ2v) is 6.02. The number of fused-ring (bicyclic) bond motifs is 1. The molecule has 0 aliphatic carbocycles. The summed E-state index contributed by atoms with van der Waals surface area (Å²) in [5.41, 5.74) is 2.25. The lowest BCUT2D eigenvalue weighted by molar-refractivity contribution is 0.102. The topological polar surface area (TPSA) is 42.0 Å². The molecular weight excluding hydrogens is 346 g/mol. The molecule has 0 radical (unpaired) electrons. The largest absolute Gasteiger partial charge is 0.319 e. The van der Waals surface area contributed by atoms with Crippen LogP contribution in [0.25, 0.3) is 22.2 Å². The Hall–Kier alpha value is -3.60. The summed E-state index contributed by atoms with van der Waals surface area (Å²) in [7, 11) is 0. The highest BCUT2D eigenvalue weighted by Gasteiger charge is 2.16. The Balaban J connectivity index is 1.82. The Morgan fingerprint density at radius 2 is 1.59 bits per heavy atom. The van der Waals surface area contributed by atoms with E-state index in [2.05, 4.69) is 10.3 Å². The molecule has 0 spiro atoms. The number of hydrogen-bond acceptors (Lipinski definition) is 2. The lowest BCUT2D eigenvalue weighted by Gasteiger charge is -2.11. The minimum Gasteiger partial charge on any atom is -0.319 e. The van der Waals surface area contributed by atoms with Crippen molar-refractivity contribution in [1.29, 1.82) is 0 Å². The van der Waals surface area contributed by atoms with Crippen LogP contribution in [-0.4, -0.2) is 10.9 Å². The first-order valence-electron chi connectivity index (χ1n) is 8.33. The van der Waals surface area contributed by atoms with Gasteiger partial charge in [-0.15, -0.1) is 0 Å². The standard InChI is InChI=1S/C22H14F2N2O/c23-15-10-11-18(24)21(12-15)26-22(27)17-13-20(14-6-2-1-3-7-14)25-19-9-5-4-8-16(17)19/h1-13H,(H,26,27). The number of rotatable bonds is 3. The monoisotopic (exact) mass is 360 g/mol. The summed E-state index contributed by atoms with van der Waals surface area (Å²) in [5, 5.41) is 3.09. The zero-order valence-electron chi connectivity index (χ0n) is 14.1. The number of benzene rings is 3. The van der Waals surface area contributed by atoms with E-state index in [0.717, 1.165) is 23.8 Å². The number of para-hydroxylation sites is 1. The molecule has 3 aromatic carbocycles. The molecule has 0 unspecified atom stereocenters. The van der Waals surface area contributed by atoms with Crippen LogP contribution in [0.15, 0.2) is 78.9 Å². The molecule has 3 nitrogen and oxygen atoms in total. The molecule has 0 bridgehead atoms. The van der Waals surface area contributed by atoms with Crippen molar-refractivity contribution in [2.45, 2.75) is 0 Å². The fourth-order valence-corrected chi connectivity index (χ4v) is 2.90. The van der Waals surface area contributed by atoms with E-state index in [1.54, 1.807) is 24.3 Å². The number of carbonyl (C=O) groups is 1. The molecule has 0 saturated carbocycles. The first-order valence-corrected chi connectivity index (χ1v) is 8.33. The number of amides is 1. The van der Waals surface area contributed by atoms with E-state index in [-0.39, 0.29) is 5.69 Å². The van der Waals surface area contributed by atoms with Crippen molar-refractivity contribution in [3.05, 3.63) is 96.1 Å². The Kier molecular flexibility index (Phi) is 4.34. The van der Waals surface area contributed by atoms with E-state index < -0.39 is 17.5 Å². The van der Waals surface area contributed by atoms with Gasteiger partial charge in [-0.05, 0) is 24.3 Å². The highest BCUT2D eigenvalue weighted by atomic mass is 19.1. The van der Waals surface area contributed by atoms with Crippen LogP contribution in [0.2, 0.25) is 0 Å². The van der Waals surface area contributed by atoms with E-state index in [1.165, 1.54) is 0 Å². The summed E-state index contributed by atoms with van der Waals surface area (Å²) in [4.78, 5) is 17.5. The van der Waals surface area contributed by atoms with Gasteiger partial charge in [0.1, 0.15) is 11.6 Å². The summed E-state index contributed by atoms with van der Waals surface area (Å²) in [6.45, 7) is 0. The van der Waals surface area contributed by atoms with Crippen LogP contribution in [0.1, 0.15) is 10.4 Å². The van der Waals surface area contributed by atoms with Crippen LogP contribution in [0.5, 0.6) is 0 Å². The molecule has 1 N–H and O–H groups in total. The highest BCUT2D eigenvalue weighted by Crippen LogP contribution is 2.26. The summed E-state index contributed by atoms with van der Waals surface area (Å²) >= 11 is 0. The molecule has 4 aromatic rings. The maximum Gasteiger partial charge on any atom is 0.256 e. The van der Waals surface area contributed by atoms with Gasteiger partial charge in [-0.2, -0.15) is 0 Å². The third-order valence-corrected chi connectivity index (χ3v) is 4.21. The fourth-order valence-electron chi connectivity index (χ4n) is 2.90. The first kappa shape index (κ1) is 16.8. The van der Waals surface area contributed by atoms with E-state index in [9.17, 15) is 13.6 Å². The van der Waals surface area contributed by atoms with Crippen LogP contribution < -0.4 is 5.32 Å². The number of nitrogens with zero attached hydrogens (tertiary/aromatic N) is 1. The minimum absolute atomic E-state index is 0.206. The molecule has 0 saturated heterocycles. The summed E-state index contributed by atoms with van der Waals surface area (Å²) in [6.07, 6.45) is 0. The van der Waals surface area contributed by atoms with Gasteiger partial charge in [0.25, 0.3) is 5.91 Å². The molecule has 5 heteroatoms. The minimum atomic E-state index is -0.702. The average Bonchev–Trinajstić information content (AvgIpc) is 2.70. The molecular formula is C22H14F2N2O. The zero-order valence-corrected chi connectivity index (χ0v) is 14.1. The third kappa shape index (κ3) is 3.40. The predicted molar refractivity (Wildman–Crippen MR) is 101 cm³/mol. The van der Waals surface area contributed by atoms with E-state index in [1.807, 2.05) is 36.4 Å². The smallest absolute Gasteiger partial charge is 0.256 e. The molecule has 4 rings (SSSR count). The molecule has 0 fully saturated rings. The molecule has 132 valence electrons. The maximum absolute atomic E-state index is 13.9. The van der Waals surface area contributed by atoms with Crippen molar-refractivity contribution in [1.82, 2.24) is 4.98 Å². The van der Waals surface area contributed by atoms with Crippen LogP contribution in [-0.2, 0) is 0 Å². The molecule has 27 heavy (non-hydrogen) atoms. The number of hydrogen-bond donors (Lipinski definition) is 1. The molecule has 1 heterocycles. The molecule has 1 aromatic heterocycles. The second kappa shape index (κ2) is 6.96. The number of nitrogens with one attached hydrogen (secondary N) is 1. The van der Waals surface area contributed by atoms with E-state index in [4.69, 9.17) is 0 Å². The van der Waals surface area contributed by atoms with Gasteiger partial charge in [0.2, 0.25) is 0 Å². The van der Waals surface area contributed by atoms with Crippen LogP contribution >= 0.6 is 0 Å². The van der Waals surface area contributed by atoms with E-state index >= 15 is 0 Å². The molecule has 0 atom stereocenters. The Morgan fingerprint density at radius 1 is 0.852 bits per heavy atom. The quantitative estimate of drug-likeness (QED) is 0.529. The normalized spacial score (nSPS) is 10.7. The van der Waals surface area contributed by atoms with Crippen molar-refractivity contribution in [3.8, 4) is 11.3 Å². The van der Waals surface area contributed by atoms with Crippen LogP contribution in [0, 0.1) is 11.6 Å². The molecule has 0 aliphatic heterocycles. The summed E-state index contributed by atoms with van der Waals surface area (Å²) < 4.78 is 27.3. The van der Waals surface area contributed by atoms with Gasteiger partial charge < -0.3 is 5.32 Å². The van der Waals surface area contributed by atoms with Crippen molar-refractivity contribution < 1.29 is 13.6 Å². The molecule has 0 aliphatic rings. The fraction of sp³-hybridized carbons (Fsp3) is 0. The Labute approximate surface area is 154 Å². The maximum atomic E-state index is 13.9. The van der Waals surface area contributed by atoms with Gasteiger partial charge in [-0.1, -0.05) is 48.5 Å². The Bertz CT molecular complexity index is 1140. The van der Waals surface area contributed by atoms with Crippen molar-refractivity contribution in [2.24, 2.45) is 0 Å². The van der Waals surface area contributed by atoms with Gasteiger partial charge in [0.05, 0.1) is 22.5 Å². The van der Waals surface area contributed by atoms with Gasteiger partial charge in [-0.3, -0.25) is 4.79 Å². The van der Waals surface area contributed by atoms with Crippen LogP contribution in [0.4, 0.5) is 14.5 Å². The zero-order chi connectivity index (χ0) is 18.8. The summed E-state index contributed by atoms with van der Waals surface area (Å²) in [5.74, 6) is -1.86. The van der Waals surface area contributed by atoms with Crippen LogP contribution in [0.3, 0.4) is 0 Å². The highest BCUT2D eigenvalue weighted by molar-refractivity contribution is 6.13. The predicted octanol–water partition coefficient (Wildman–Crippen LogP) is 5.43. The number of carbonyl (C=O) groups excluding carboxylic acids is 1. The Morgan fingerprint density at radius 3 is 2.41 bits per heavy atom. The van der Waals surface area contributed by atoms with Gasteiger partial charge in [-0.25, -0.2) is 13.8 Å². The van der Waals surface area contributed by atoms with E-state index in [0.29, 0.717) is 22.2 Å². The lowest BCUT2D eigenvalue weighted by Crippen LogP contribution is -2.14. The number of anilines is 1. The number of halogens is 2. The first-order chi connectivity index (χ1) is 13.1. The lowest BCUT2D eigenvalue weighted by atomic mass is 10.0. The van der Waals surface area contributed by atoms with Crippen molar-refractivity contribution in [3.63, 3.8) is 0 Å².